The van der Waals surface area contributed by atoms with Crippen molar-refractivity contribution in [2.24, 2.45) is 11.8 Å². The highest BCUT2D eigenvalue weighted by atomic mass is 16.1. The Bertz CT molecular complexity index is 995. The molecule has 0 aromatic carbocycles. The maximum Gasteiger partial charge on any atom is 0.267 e. The van der Waals surface area contributed by atoms with Crippen molar-refractivity contribution in [3.8, 4) is 12.1 Å². The molecular formula is C20H21N5O. The average molecular weight is 347 g/mol. The predicted molar refractivity (Wildman–Crippen MR) is 101 cm³/mol. The molecule has 2 aromatic rings. The lowest BCUT2D eigenvalue weighted by Gasteiger charge is -2.36. The molecule has 0 bridgehead atoms. The van der Waals surface area contributed by atoms with E-state index in [-0.39, 0.29) is 11.1 Å². The Morgan fingerprint density at radius 3 is 2.54 bits per heavy atom. The lowest BCUT2D eigenvalue weighted by molar-refractivity contribution is 0.355. The van der Waals surface area contributed by atoms with E-state index in [1.165, 1.54) is 10.5 Å². The molecule has 1 fully saturated rings. The van der Waals surface area contributed by atoms with Crippen LogP contribution in [0.15, 0.2) is 28.7 Å². The van der Waals surface area contributed by atoms with E-state index in [1.54, 1.807) is 12.3 Å². The third kappa shape index (κ3) is 3.19. The van der Waals surface area contributed by atoms with Crippen molar-refractivity contribution in [1.29, 1.82) is 10.5 Å². The number of hydrogen-bond acceptors (Lipinski definition) is 5. The summed E-state index contributed by atoms with van der Waals surface area (Å²) in [7, 11) is 0. The maximum atomic E-state index is 13.1. The number of nitriles is 2. The minimum atomic E-state index is -0.262. The molecule has 0 amide bonds. The number of allylic oxidation sites excluding steroid dienone is 1. The fourth-order valence-corrected chi connectivity index (χ4v) is 3.74. The Labute approximate surface area is 152 Å². The number of nitrogens with zero attached hydrogens (tertiary/aromatic N) is 5. The summed E-state index contributed by atoms with van der Waals surface area (Å²) in [4.78, 5) is 20.0. The van der Waals surface area contributed by atoms with Crippen molar-refractivity contribution in [3.63, 3.8) is 0 Å². The largest absolute Gasteiger partial charge is 0.355 e. The fourth-order valence-electron chi connectivity index (χ4n) is 3.74. The zero-order valence-electron chi connectivity index (χ0n) is 15.2. The van der Waals surface area contributed by atoms with Gasteiger partial charge in [-0.1, -0.05) is 19.9 Å². The first kappa shape index (κ1) is 17.7. The Balaban J connectivity index is 2.30. The smallest absolute Gasteiger partial charge is 0.267 e. The van der Waals surface area contributed by atoms with Gasteiger partial charge >= 0.3 is 0 Å². The minimum Gasteiger partial charge on any atom is -0.355 e. The van der Waals surface area contributed by atoms with Crippen molar-refractivity contribution < 1.29 is 0 Å². The number of rotatable bonds is 2. The van der Waals surface area contributed by atoms with Crippen LogP contribution in [0.2, 0.25) is 0 Å². The van der Waals surface area contributed by atoms with Crippen LogP contribution in [0.4, 0.5) is 5.82 Å². The van der Waals surface area contributed by atoms with Gasteiger partial charge in [-0.3, -0.25) is 9.20 Å². The second-order valence-corrected chi connectivity index (χ2v) is 7.17. The van der Waals surface area contributed by atoms with Crippen molar-refractivity contribution in [3.05, 3.63) is 45.4 Å². The molecule has 26 heavy (non-hydrogen) atoms. The molecule has 6 nitrogen and oxygen atoms in total. The minimum absolute atomic E-state index is 0.101. The quantitative estimate of drug-likeness (QED) is 0.780. The standard InChI is InChI=1S/C20H21N5O/c1-13-7-14(2)12-24(11-13)19-17(8-16(9-21)10-22)20(26)25-6-4-5-15(3)18(25)23-19/h4-6,8,13-14H,7,11-12H2,1-3H3/t13-,14-/m0/s1. The third-order valence-corrected chi connectivity index (χ3v) is 4.76. The van der Waals surface area contributed by atoms with Gasteiger partial charge in [-0.05, 0) is 42.9 Å². The number of hydrogen-bond donors (Lipinski definition) is 0. The predicted octanol–water partition coefficient (Wildman–Crippen LogP) is 2.92. The van der Waals surface area contributed by atoms with Crippen molar-refractivity contribution in [2.45, 2.75) is 27.2 Å². The molecule has 132 valence electrons. The van der Waals surface area contributed by atoms with E-state index in [4.69, 9.17) is 15.5 Å². The van der Waals surface area contributed by atoms with Crippen LogP contribution in [0, 0.1) is 41.4 Å². The van der Waals surface area contributed by atoms with Crippen LogP contribution in [0.1, 0.15) is 31.4 Å². The number of aryl methyl sites for hydroxylation is 1. The van der Waals surface area contributed by atoms with Crippen LogP contribution in [-0.4, -0.2) is 22.5 Å². The van der Waals surface area contributed by atoms with E-state index in [0.29, 0.717) is 28.9 Å². The van der Waals surface area contributed by atoms with E-state index < -0.39 is 0 Å². The van der Waals surface area contributed by atoms with E-state index in [2.05, 4.69) is 18.7 Å². The summed E-state index contributed by atoms with van der Waals surface area (Å²) in [6.45, 7) is 7.89. The van der Waals surface area contributed by atoms with Crippen LogP contribution in [0.5, 0.6) is 0 Å². The third-order valence-electron chi connectivity index (χ3n) is 4.76. The topological polar surface area (TPSA) is 85.2 Å². The molecule has 2 atom stereocenters. The molecule has 1 saturated heterocycles. The molecular weight excluding hydrogens is 326 g/mol. The first-order valence-electron chi connectivity index (χ1n) is 8.73. The monoisotopic (exact) mass is 347 g/mol. The second-order valence-electron chi connectivity index (χ2n) is 7.17. The van der Waals surface area contributed by atoms with E-state index in [0.717, 1.165) is 25.1 Å². The van der Waals surface area contributed by atoms with Crippen LogP contribution in [-0.2, 0) is 0 Å². The van der Waals surface area contributed by atoms with Crippen molar-refractivity contribution in [2.75, 3.05) is 18.0 Å². The Hall–Kier alpha value is -3.12. The lowest BCUT2D eigenvalue weighted by Crippen LogP contribution is -2.40. The second kappa shape index (κ2) is 7.01. The summed E-state index contributed by atoms with van der Waals surface area (Å²) in [6, 6.07) is 7.39. The average Bonchev–Trinajstić information content (AvgIpc) is 2.60. The van der Waals surface area contributed by atoms with E-state index in [9.17, 15) is 4.79 Å². The summed E-state index contributed by atoms with van der Waals surface area (Å²) >= 11 is 0. The van der Waals surface area contributed by atoms with E-state index >= 15 is 0 Å². The summed E-state index contributed by atoms with van der Waals surface area (Å²) in [5.41, 5.74) is 1.44. The Morgan fingerprint density at radius 1 is 1.27 bits per heavy atom. The summed E-state index contributed by atoms with van der Waals surface area (Å²) in [6.07, 6.45) is 4.16. The highest BCUT2D eigenvalue weighted by Crippen LogP contribution is 2.28. The molecule has 0 unspecified atom stereocenters. The molecule has 0 aliphatic carbocycles. The van der Waals surface area contributed by atoms with Crippen LogP contribution < -0.4 is 10.5 Å². The van der Waals surface area contributed by atoms with Gasteiger partial charge < -0.3 is 4.90 Å². The first-order chi connectivity index (χ1) is 12.4. The number of anilines is 1. The highest BCUT2D eigenvalue weighted by molar-refractivity contribution is 5.72. The fraction of sp³-hybridized carbons (Fsp3) is 0.400. The van der Waals surface area contributed by atoms with Gasteiger partial charge in [0, 0.05) is 19.3 Å². The van der Waals surface area contributed by atoms with Gasteiger partial charge in [0.1, 0.15) is 29.2 Å². The summed E-state index contributed by atoms with van der Waals surface area (Å²) in [5.74, 6) is 1.53. The summed E-state index contributed by atoms with van der Waals surface area (Å²) in [5, 5.41) is 18.3. The molecule has 0 N–H and O–H groups in total. The summed E-state index contributed by atoms with van der Waals surface area (Å²) < 4.78 is 1.48. The zero-order valence-corrected chi connectivity index (χ0v) is 15.2. The molecule has 3 heterocycles. The van der Waals surface area contributed by atoms with E-state index in [1.807, 2.05) is 25.1 Å². The molecule has 1 aliphatic rings. The Kier molecular flexibility index (Phi) is 4.77. The molecule has 0 radical (unpaired) electrons. The van der Waals surface area contributed by atoms with Gasteiger partial charge in [-0.2, -0.15) is 10.5 Å². The number of aromatic nitrogens is 2. The van der Waals surface area contributed by atoms with Crippen LogP contribution in [0.3, 0.4) is 0 Å². The Morgan fingerprint density at radius 2 is 1.92 bits per heavy atom. The first-order valence-corrected chi connectivity index (χ1v) is 8.73. The van der Waals surface area contributed by atoms with Gasteiger partial charge in [0.2, 0.25) is 0 Å². The normalized spacial score (nSPS) is 19.7. The maximum absolute atomic E-state index is 13.1. The van der Waals surface area contributed by atoms with Crippen molar-refractivity contribution >= 4 is 17.5 Å². The van der Waals surface area contributed by atoms with Gasteiger partial charge in [0.05, 0.1) is 5.56 Å². The molecule has 1 aliphatic heterocycles. The van der Waals surface area contributed by atoms with Crippen LogP contribution >= 0.6 is 0 Å². The lowest BCUT2D eigenvalue weighted by atomic mass is 9.91. The molecule has 3 rings (SSSR count). The zero-order chi connectivity index (χ0) is 18.8. The number of pyridine rings is 1. The number of fused-ring (bicyclic) bond motifs is 1. The number of piperidine rings is 1. The van der Waals surface area contributed by atoms with Gasteiger partial charge in [0.15, 0.2) is 0 Å². The molecule has 0 saturated carbocycles. The van der Waals surface area contributed by atoms with Crippen molar-refractivity contribution in [1.82, 2.24) is 9.38 Å². The van der Waals surface area contributed by atoms with Gasteiger partial charge in [0.25, 0.3) is 5.56 Å². The molecule has 6 heteroatoms. The molecule has 0 spiro atoms. The highest BCUT2D eigenvalue weighted by Gasteiger charge is 2.26. The van der Waals surface area contributed by atoms with Gasteiger partial charge in [-0.25, -0.2) is 4.98 Å². The van der Waals surface area contributed by atoms with Crippen LogP contribution in [0.25, 0.3) is 11.7 Å². The van der Waals surface area contributed by atoms with Gasteiger partial charge in [-0.15, -0.1) is 0 Å². The molecule has 2 aromatic heterocycles. The SMILES string of the molecule is Cc1cccn2c(=O)c(C=C(C#N)C#N)c(N3C[C@@H](C)C[C@H](C)C3)nc12.